The SMILES string of the molecule is NC1CCC(=O)NC1C1CCCN(Cc2ccc3c(c2)C(=O)N(C2CCC(=O)NC2=O)C3)C1. The van der Waals surface area contributed by atoms with Gasteiger partial charge in [0.1, 0.15) is 6.04 Å². The molecule has 4 heterocycles. The molecule has 3 saturated heterocycles. The number of likely N-dealkylation sites (tertiary alicyclic amines) is 1. The van der Waals surface area contributed by atoms with E-state index in [-0.39, 0.29) is 42.1 Å². The maximum Gasteiger partial charge on any atom is 0.255 e. The summed E-state index contributed by atoms with van der Waals surface area (Å²) in [6.45, 7) is 2.96. The molecule has 0 spiro atoms. The Bertz CT molecular complexity index is 995. The van der Waals surface area contributed by atoms with Crippen molar-refractivity contribution in [3.05, 3.63) is 34.9 Å². The molecule has 0 bridgehead atoms. The predicted octanol–water partition coefficient (Wildman–Crippen LogP) is 0.266. The van der Waals surface area contributed by atoms with Crippen LogP contribution in [0.3, 0.4) is 0 Å². The van der Waals surface area contributed by atoms with Crippen LogP contribution in [0.5, 0.6) is 0 Å². The van der Waals surface area contributed by atoms with E-state index in [1.807, 2.05) is 12.1 Å². The number of fused-ring (bicyclic) bond motifs is 1. The molecule has 4 atom stereocenters. The number of hydrogen-bond donors (Lipinski definition) is 3. The lowest BCUT2D eigenvalue weighted by molar-refractivity contribution is -0.137. The lowest BCUT2D eigenvalue weighted by atomic mass is 9.83. The topological polar surface area (TPSA) is 125 Å². The highest BCUT2D eigenvalue weighted by molar-refractivity contribution is 6.05. The first-order valence-corrected chi connectivity index (χ1v) is 11.9. The van der Waals surface area contributed by atoms with Gasteiger partial charge in [-0.15, -0.1) is 0 Å². The van der Waals surface area contributed by atoms with Crippen molar-refractivity contribution < 1.29 is 19.2 Å². The van der Waals surface area contributed by atoms with Crippen molar-refractivity contribution in [2.75, 3.05) is 13.1 Å². The fourth-order valence-corrected chi connectivity index (χ4v) is 5.80. The standard InChI is InChI=1S/C24H31N5O4/c25-18-5-7-20(30)26-22(18)16-2-1-9-28(12-16)11-14-3-4-15-13-29(24(33)17(15)10-14)19-6-8-21(31)27-23(19)32/h3-4,10,16,18-19,22H,1-2,5-9,11-13,25H2,(H,26,30)(H,27,31,32). The molecule has 0 saturated carbocycles. The molecule has 0 radical (unpaired) electrons. The largest absolute Gasteiger partial charge is 0.351 e. The minimum absolute atomic E-state index is 0.00327. The van der Waals surface area contributed by atoms with Crippen LogP contribution < -0.4 is 16.4 Å². The van der Waals surface area contributed by atoms with Gasteiger partial charge in [0.2, 0.25) is 17.7 Å². The molecule has 4 N–H and O–H groups in total. The monoisotopic (exact) mass is 453 g/mol. The van der Waals surface area contributed by atoms with E-state index in [0.29, 0.717) is 30.9 Å². The molecule has 176 valence electrons. The van der Waals surface area contributed by atoms with Gasteiger partial charge in [0.15, 0.2) is 0 Å². The fourth-order valence-electron chi connectivity index (χ4n) is 5.80. The first-order valence-electron chi connectivity index (χ1n) is 11.9. The van der Waals surface area contributed by atoms with E-state index in [2.05, 4.69) is 21.6 Å². The minimum Gasteiger partial charge on any atom is -0.351 e. The summed E-state index contributed by atoms with van der Waals surface area (Å²) in [4.78, 5) is 52.7. The number of imide groups is 1. The Morgan fingerprint density at radius 3 is 2.67 bits per heavy atom. The lowest BCUT2D eigenvalue weighted by Gasteiger charge is -2.41. The van der Waals surface area contributed by atoms with Gasteiger partial charge in [-0.05, 0) is 55.3 Å². The molecule has 4 aliphatic rings. The Morgan fingerprint density at radius 2 is 1.85 bits per heavy atom. The van der Waals surface area contributed by atoms with Gasteiger partial charge in [-0.3, -0.25) is 29.4 Å². The molecular weight excluding hydrogens is 422 g/mol. The number of nitrogens with zero attached hydrogens (tertiary/aromatic N) is 2. The van der Waals surface area contributed by atoms with E-state index < -0.39 is 6.04 Å². The van der Waals surface area contributed by atoms with E-state index in [4.69, 9.17) is 5.73 Å². The smallest absolute Gasteiger partial charge is 0.255 e. The van der Waals surface area contributed by atoms with Crippen LogP contribution in [0.15, 0.2) is 18.2 Å². The molecule has 3 fully saturated rings. The van der Waals surface area contributed by atoms with Crippen molar-refractivity contribution in [2.45, 2.75) is 69.7 Å². The number of carbonyl (C=O) groups is 4. The van der Waals surface area contributed by atoms with Crippen LogP contribution in [0.2, 0.25) is 0 Å². The number of carbonyl (C=O) groups excluding carboxylic acids is 4. The highest BCUT2D eigenvalue weighted by atomic mass is 16.2. The first kappa shape index (κ1) is 22.0. The Labute approximate surface area is 193 Å². The van der Waals surface area contributed by atoms with Crippen molar-refractivity contribution in [3.8, 4) is 0 Å². The van der Waals surface area contributed by atoms with Crippen molar-refractivity contribution in [3.63, 3.8) is 0 Å². The molecule has 4 aliphatic heterocycles. The van der Waals surface area contributed by atoms with Gasteiger partial charge >= 0.3 is 0 Å². The highest BCUT2D eigenvalue weighted by Crippen LogP contribution is 2.30. The first-order chi connectivity index (χ1) is 15.9. The van der Waals surface area contributed by atoms with E-state index in [1.165, 1.54) is 0 Å². The third-order valence-electron chi connectivity index (χ3n) is 7.54. The average molecular weight is 454 g/mol. The zero-order valence-electron chi connectivity index (χ0n) is 18.7. The maximum atomic E-state index is 13.1. The van der Waals surface area contributed by atoms with Crippen LogP contribution >= 0.6 is 0 Å². The molecule has 1 aromatic carbocycles. The van der Waals surface area contributed by atoms with E-state index >= 15 is 0 Å². The van der Waals surface area contributed by atoms with Gasteiger partial charge < -0.3 is 16.0 Å². The lowest BCUT2D eigenvalue weighted by Crippen LogP contribution is -2.58. The average Bonchev–Trinajstić information content (AvgIpc) is 3.11. The molecular formula is C24H31N5O4. The van der Waals surface area contributed by atoms with Crippen molar-refractivity contribution in [1.82, 2.24) is 20.4 Å². The summed E-state index contributed by atoms with van der Waals surface area (Å²) in [5.41, 5.74) is 8.94. The molecule has 0 aromatic heterocycles. The van der Waals surface area contributed by atoms with E-state index in [9.17, 15) is 19.2 Å². The second-order valence-electron chi connectivity index (χ2n) is 9.82. The second-order valence-corrected chi connectivity index (χ2v) is 9.82. The van der Waals surface area contributed by atoms with Gasteiger partial charge in [-0.1, -0.05) is 12.1 Å². The molecule has 33 heavy (non-hydrogen) atoms. The van der Waals surface area contributed by atoms with Crippen molar-refractivity contribution >= 4 is 23.6 Å². The normalized spacial score (nSPS) is 30.8. The summed E-state index contributed by atoms with van der Waals surface area (Å²) in [6.07, 6.45) is 3.97. The van der Waals surface area contributed by atoms with Crippen molar-refractivity contribution in [2.24, 2.45) is 11.7 Å². The zero-order valence-corrected chi connectivity index (χ0v) is 18.7. The molecule has 1 aromatic rings. The van der Waals surface area contributed by atoms with Crippen LogP contribution in [0.4, 0.5) is 0 Å². The Balaban J connectivity index is 1.25. The molecule has 4 amide bonds. The molecule has 9 nitrogen and oxygen atoms in total. The number of nitrogens with one attached hydrogen (secondary N) is 2. The highest BCUT2D eigenvalue weighted by Gasteiger charge is 2.39. The summed E-state index contributed by atoms with van der Waals surface area (Å²) in [7, 11) is 0. The quantitative estimate of drug-likeness (QED) is 0.562. The fraction of sp³-hybridized carbons (Fsp3) is 0.583. The summed E-state index contributed by atoms with van der Waals surface area (Å²) in [6, 6.07) is 5.41. The number of nitrogens with two attached hydrogens (primary N) is 1. The molecule has 5 rings (SSSR count). The van der Waals surface area contributed by atoms with Gasteiger partial charge in [-0.25, -0.2) is 0 Å². The van der Waals surface area contributed by atoms with Crippen LogP contribution in [0.1, 0.15) is 60.0 Å². The third kappa shape index (κ3) is 4.39. The number of hydrogen-bond acceptors (Lipinski definition) is 6. The second kappa shape index (κ2) is 8.87. The minimum atomic E-state index is -0.594. The predicted molar refractivity (Wildman–Crippen MR) is 120 cm³/mol. The summed E-state index contributed by atoms with van der Waals surface area (Å²) < 4.78 is 0. The maximum absolute atomic E-state index is 13.1. The Kier molecular flexibility index (Phi) is 5.92. The number of benzene rings is 1. The van der Waals surface area contributed by atoms with Gasteiger partial charge in [0, 0.05) is 50.1 Å². The van der Waals surface area contributed by atoms with Crippen LogP contribution in [0.25, 0.3) is 0 Å². The third-order valence-corrected chi connectivity index (χ3v) is 7.54. The van der Waals surface area contributed by atoms with Crippen LogP contribution in [-0.4, -0.2) is 64.6 Å². The van der Waals surface area contributed by atoms with E-state index in [0.717, 1.165) is 50.0 Å². The number of rotatable bonds is 4. The van der Waals surface area contributed by atoms with Gasteiger partial charge in [0.05, 0.1) is 0 Å². The van der Waals surface area contributed by atoms with E-state index in [1.54, 1.807) is 4.90 Å². The number of piperidine rings is 3. The Hall–Kier alpha value is -2.78. The molecule has 0 aliphatic carbocycles. The summed E-state index contributed by atoms with van der Waals surface area (Å²) in [5, 5.41) is 5.45. The van der Waals surface area contributed by atoms with Crippen LogP contribution in [-0.2, 0) is 27.5 Å². The number of amides is 4. The molecule has 4 unspecified atom stereocenters. The van der Waals surface area contributed by atoms with Crippen LogP contribution in [0, 0.1) is 5.92 Å². The summed E-state index contributed by atoms with van der Waals surface area (Å²) >= 11 is 0. The Morgan fingerprint density at radius 1 is 1.03 bits per heavy atom. The van der Waals surface area contributed by atoms with Gasteiger partial charge in [-0.2, -0.15) is 0 Å². The zero-order chi connectivity index (χ0) is 23.1. The van der Waals surface area contributed by atoms with Crippen molar-refractivity contribution in [1.29, 1.82) is 0 Å². The van der Waals surface area contributed by atoms with Gasteiger partial charge in [0.25, 0.3) is 5.91 Å². The summed E-state index contributed by atoms with van der Waals surface area (Å²) in [5.74, 6) is -0.390. The molecule has 9 heteroatoms.